The lowest BCUT2D eigenvalue weighted by atomic mass is 10.2. The van der Waals surface area contributed by atoms with Crippen LogP contribution < -0.4 is 15.4 Å². The van der Waals surface area contributed by atoms with Crippen LogP contribution in [0.5, 0.6) is 5.75 Å². The van der Waals surface area contributed by atoms with Gasteiger partial charge in [-0.05, 0) is 29.8 Å². The van der Waals surface area contributed by atoms with Gasteiger partial charge in [0, 0.05) is 22.8 Å². The van der Waals surface area contributed by atoms with Crippen molar-refractivity contribution in [3.63, 3.8) is 0 Å². The second-order valence-corrected chi connectivity index (χ2v) is 6.07. The lowest BCUT2D eigenvalue weighted by molar-refractivity contribution is 0.251. The number of rotatable bonds is 6. The van der Waals surface area contributed by atoms with E-state index in [9.17, 15) is 4.79 Å². The third kappa shape index (κ3) is 5.01. The molecule has 0 unspecified atom stereocenters. The second kappa shape index (κ2) is 8.92. The average Bonchev–Trinajstić information content (AvgIpc) is 2.67. The van der Waals surface area contributed by atoms with E-state index in [1.54, 1.807) is 6.07 Å². The molecule has 0 radical (unpaired) electrons. The average molecular weight is 367 g/mol. The molecule has 0 aliphatic heterocycles. The van der Waals surface area contributed by atoms with Gasteiger partial charge in [-0.1, -0.05) is 66.2 Å². The predicted octanol–water partition coefficient (Wildman–Crippen LogP) is 5.24. The number of carbonyl (C=O) groups is 1. The minimum atomic E-state index is -0.294. The van der Waals surface area contributed by atoms with Gasteiger partial charge in [-0.2, -0.15) is 0 Å². The van der Waals surface area contributed by atoms with Gasteiger partial charge < -0.3 is 15.4 Å². The number of para-hydroxylation sites is 2. The van der Waals surface area contributed by atoms with Gasteiger partial charge >= 0.3 is 6.03 Å². The standard InChI is InChI=1S/C21H19ClN2O2/c22-19-12-6-4-8-16(19)14-23-21(25)24-20-13-7-5-9-17(20)15-26-18-10-2-1-3-11-18/h1-13H,14-15H2,(H2,23,24,25). The highest BCUT2D eigenvalue weighted by atomic mass is 35.5. The third-order valence-electron chi connectivity index (χ3n) is 3.80. The van der Waals surface area contributed by atoms with E-state index >= 15 is 0 Å². The summed E-state index contributed by atoms with van der Waals surface area (Å²) in [5.41, 5.74) is 2.47. The Morgan fingerprint density at radius 1 is 0.846 bits per heavy atom. The van der Waals surface area contributed by atoms with Gasteiger partial charge in [0.1, 0.15) is 12.4 Å². The fourth-order valence-corrected chi connectivity index (χ4v) is 2.63. The SMILES string of the molecule is O=C(NCc1ccccc1Cl)Nc1ccccc1COc1ccccc1. The molecule has 5 heteroatoms. The van der Waals surface area contributed by atoms with Crippen LogP contribution in [0.15, 0.2) is 78.9 Å². The Morgan fingerprint density at radius 3 is 2.27 bits per heavy atom. The van der Waals surface area contributed by atoms with Crippen LogP contribution >= 0.6 is 11.6 Å². The molecule has 4 nitrogen and oxygen atoms in total. The fourth-order valence-electron chi connectivity index (χ4n) is 2.43. The molecule has 0 aliphatic rings. The van der Waals surface area contributed by atoms with Crippen molar-refractivity contribution < 1.29 is 9.53 Å². The van der Waals surface area contributed by atoms with Crippen LogP contribution in [0.3, 0.4) is 0 Å². The molecule has 0 fully saturated rings. The van der Waals surface area contributed by atoms with Gasteiger partial charge in [0.2, 0.25) is 0 Å². The molecule has 26 heavy (non-hydrogen) atoms. The summed E-state index contributed by atoms with van der Waals surface area (Å²) in [7, 11) is 0. The van der Waals surface area contributed by atoms with Gasteiger partial charge in [0.15, 0.2) is 0 Å². The van der Waals surface area contributed by atoms with Crippen LogP contribution in [0.25, 0.3) is 0 Å². The van der Waals surface area contributed by atoms with E-state index in [0.717, 1.165) is 16.9 Å². The first-order chi connectivity index (χ1) is 12.7. The van der Waals surface area contributed by atoms with Crippen molar-refractivity contribution in [2.24, 2.45) is 0 Å². The smallest absolute Gasteiger partial charge is 0.319 e. The molecule has 0 bridgehead atoms. The molecule has 132 valence electrons. The number of carbonyl (C=O) groups excluding carboxylic acids is 1. The highest BCUT2D eigenvalue weighted by molar-refractivity contribution is 6.31. The number of halogens is 1. The van der Waals surface area contributed by atoms with Crippen molar-refractivity contribution >= 4 is 23.3 Å². The number of anilines is 1. The van der Waals surface area contributed by atoms with E-state index in [2.05, 4.69) is 10.6 Å². The Morgan fingerprint density at radius 2 is 1.50 bits per heavy atom. The molecule has 2 amide bonds. The second-order valence-electron chi connectivity index (χ2n) is 5.66. The summed E-state index contributed by atoms with van der Waals surface area (Å²) < 4.78 is 5.77. The largest absolute Gasteiger partial charge is 0.489 e. The topological polar surface area (TPSA) is 50.4 Å². The maximum Gasteiger partial charge on any atom is 0.319 e. The molecular formula is C21H19ClN2O2. The maximum absolute atomic E-state index is 12.2. The highest BCUT2D eigenvalue weighted by Crippen LogP contribution is 2.19. The first-order valence-corrected chi connectivity index (χ1v) is 8.64. The molecule has 0 aliphatic carbocycles. The van der Waals surface area contributed by atoms with Crippen molar-refractivity contribution in [3.05, 3.63) is 95.0 Å². The Bertz CT molecular complexity index is 869. The molecular weight excluding hydrogens is 348 g/mol. The monoisotopic (exact) mass is 366 g/mol. The molecule has 3 aromatic rings. The number of benzene rings is 3. The number of nitrogens with one attached hydrogen (secondary N) is 2. The Labute approximate surface area is 157 Å². The van der Waals surface area contributed by atoms with E-state index in [4.69, 9.17) is 16.3 Å². The van der Waals surface area contributed by atoms with Gasteiger partial charge in [0.25, 0.3) is 0 Å². The van der Waals surface area contributed by atoms with Crippen LogP contribution in [0, 0.1) is 0 Å². The number of urea groups is 1. The summed E-state index contributed by atoms with van der Waals surface area (Å²) in [6.45, 7) is 0.721. The first-order valence-electron chi connectivity index (χ1n) is 8.26. The van der Waals surface area contributed by atoms with E-state index in [0.29, 0.717) is 23.9 Å². The first kappa shape index (κ1) is 17.8. The zero-order valence-electron chi connectivity index (χ0n) is 14.1. The van der Waals surface area contributed by atoms with E-state index in [1.165, 1.54) is 0 Å². The van der Waals surface area contributed by atoms with Crippen molar-refractivity contribution in [2.75, 3.05) is 5.32 Å². The number of amides is 2. The summed E-state index contributed by atoms with van der Waals surface area (Å²) in [5, 5.41) is 6.31. The van der Waals surface area contributed by atoms with Crippen molar-refractivity contribution in [3.8, 4) is 5.75 Å². The van der Waals surface area contributed by atoms with Crippen LogP contribution in [0.1, 0.15) is 11.1 Å². The zero-order chi connectivity index (χ0) is 18.2. The fraction of sp³-hybridized carbons (Fsp3) is 0.0952. The van der Waals surface area contributed by atoms with Crippen molar-refractivity contribution in [2.45, 2.75) is 13.2 Å². The summed E-state index contributed by atoms with van der Waals surface area (Å²) in [4.78, 5) is 12.2. The van der Waals surface area contributed by atoms with E-state index < -0.39 is 0 Å². The summed E-state index contributed by atoms with van der Waals surface area (Å²) in [6.07, 6.45) is 0. The summed E-state index contributed by atoms with van der Waals surface area (Å²) >= 11 is 6.10. The van der Waals surface area contributed by atoms with Crippen LogP contribution in [0.2, 0.25) is 5.02 Å². The molecule has 0 heterocycles. The lowest BCUT2D eigenvalue weighted by Gasteiger charge is -2.13. The molecule has 3 aromatic carbocycles. The molecule has 3 rings (SSSR count). The van der Waals surface area contributed by atoms with Gasteiger partial charge in [-0.25, -0.2) is 4.79 Å². The number of hydrogen-bond donors (Lipinski definition) is 2. The molecule has 0 saturated heterocycles. The summed E-state index contributed by atoms with van der Waals surface area (Å²) in [6, 6.07) is 24.2. The minimum absolute atomic E-state index is 0.294. The molecule has 0 aromatic heterocycles. The van der Waals surface area contributed by atoms with Crippen molar-refractivity contribution in [1.82, 2.24) is 5.32 Å². The Kier molecular flexibility index (Phi) is 6.12. The Hall–Kier alpha value is -2.98. The molecule has 0 spiro atoms. The molecule has 0 saturated carbocycles. The van der Waals surface area contributed by atoms with Crippen LogP contribution in [-0.2, 0) is 13.2 Å². The number of ether oxygens (including phenoxy) is 1. The molecule has 2 N–H and O–H groups in total. The molecule has 0 atom stereocenters. The van der Waals surface area contributed by atoms with E-state index in [1.807, 2.05) is 72.8 Å². The number of hydrogen-bond acceptors (Lipinski definition) is 2. The highest BCUT2D eigenvalue weighted by Gasteiger charge is 2.08. The summed E-state index contributed by atoms with van der Waals surface area (Å²) in [5.74, 6) is 0.783. The van der Waals surface area contributed by atoms with Crippen LogP contribution in [-0.4, -0.2) is 6.03 Å². The third-order valence-corrected chi connectivity index (χ3v) is 4.17. The minimum Gasteiger partial charge on any atom is -0.489 e. The quantitative estimate of drug-likeness (QED) is 0.626. The lowest BCUT2D eigenvalue weighted by Crippen LogP contribution is -2.28. The van der Waals surface area contributed by atoms with Gasteiger partial charge in [-0.3, -0.25) is 0 Å². The van der Waals surface area contributed by atoms with E-state index in [-0.39, 0.29) is 6.03 Å². The Balaban J connectivity index is 1.59. The zero-order valence-corrected chi connectivity index (χ0v) is 14.9. The van der Waals surface area contributed by atoms with Crippen LogP contribution in [0.4, 0.5) is 10.5 Å². The predicted molar refractivity (Wildman–Crippen MR) is 105 cm³/mol. The van der Waals surface area contributed by atoms with Gasteiger partial charge in [-0.15, -0.1) is 0 Å². The van der Waals surface area contributed by atoms with Gasteiger partial charge in [0.05, 0.1) is 0 Å². The maximum atomic E-state index is 12.2. The normalized spacial score (nSPS) is 10.2. The van der Waals surface area contributed by atoms with Crippen molar-refractivity contribution in [1.29, 1.82) is 0 Å².